The van der Waals surface area contributed by atoms with E-state index in [0.29, 0.717) is 16.0 Å². The van der Waals surface area contributed by atoms with Crippen LogP contribution < -0.4 is 18.9 Å². The third kappa shape index (κ3) is 8.65. The van der Waals surface area contributed by atoms with Crippen molar-refractivity contribution in [2.45, 2.75) is 42.2 Å². The maximum absolute atomic E-state index is 13.9. The first-order valence-corrected chi connectivity index (χ1v) is 18.5. The van der Waals surface area contributed by atoms with Crippen LogP contribution in [0, 0.1) is 11.1 Å². The van der Waals surface area contributed by atoms with Crippen molar-refractivity contribution in [1.82, 2.24) is 9.21 Å². The zero-order valence-electron chi connectivity index (χ0n) is 27.0. The van der Waals surface area contributed by atoms with Gasteiger partial charge in [0, 0.05) is 43.9 Å². The van der Waals surface area contributed by atoms with Crippen LogP contribution in [0.15, 0.2) is 53.7 Å². The first-order valence-electron chi connectivity index (χ1n) is 15.2. The molecule has 2 aliphatic rings. The fourth-order valence-corrected chi connectivity index (χ4v) is 7.88. The van der Waals surface area contributed by atoms with E-state index in [-0.39, 0.29) is 68.8 Å². The van der Waals surface area contributed by atoms with Crippen LogP contribution in [0.25, 0.3) is 0 Å². The highest BCUT2D eigenvalue weighted by Gasteiger charge is 2.39. The second-order valence-electron chi connectivity index (χ2n) is 11.6. The van der Waals surface area contributed by atoms with E-state index in [1.165, 1.54) is 62.5 Å². The minimum atomic E-state index is -4.00. The number of esters is 1. The minimum absolute atomic E-state index is 0.00362. The average Bonchev–Trinajstić information content (AvgIpc) is 3.76. The third-order valence-electron chi connectivity index (χ3n) is 7.96. The molecule has 50 heavy (non-hydrogen) atoms. The van der Waals surface area contributed by atoms with Crippen LogP contribution in [0.1, 0.15) is 40.4 Å². The van der Waals surface area contributed by atoms with E-state index in [4.69, 9.17) is 37.4 Å². The highest BCUT2D eigenvalue weighted by atomic mass is 35.5. The van der Waals surface area contributed by atoms with Gasteiger partial charge in [0.05, 0.1) is 13.7 Å². The molecule has 1 saturated heterocycles. The van der Waals surface area contributed by atoms with Crippen LogP contribution in [-0.4, -0.2) is 81.6 Å². The summed E-state index contributed by atoms with van der Waals surface area (Å²) in [4.78, 5) is 28.7. The van der Waals surface area contributed by atoms with Crippen molar-refractivity contribution in [2.75, 3.05) is 40.1 Å². The first-order chi connectivity index (χ1) is 23.7. The Morgan fingerprint density at radius 2 is 1.76 bits per heavy atom. The molecule has 0 radical (unpaired) electrons. The van der Waals surface area contributed by atoms with Crippen molar-refractivity contribution >= 4 is 56.9 Å². The van der Waals surface area contributed by atoms with Gasteiger partial charge in [-0.1, -0.05) is 29.3 Å². The summed E-state index contributed by atoms with van der Waals surface area (Å²) in [7, 11) is 0.00135. The summed E-state index contributed by atoms with van der Waals surface area (Å²) in [6.07, 6.45) is 2.74. The topological polar surface area (TPSA) is 139 Å². The number of aromatic nitrogens is 1. The molecule has 0 bridgehead atoms. The van der Waals surface area contributed by atoms with Crippen molar-refractivity contribution in [3.63, 3.8) is 0 Å². The van der Waals surface area contributed by atoms with Crippen LogP contribution in [-0.2, 0) is 26.0 Å². The lowest BCUT2D eigenvalue weighted by Gasteiger charge is -2.26. The molecule has 1 aliphatic carbocycles. The summed E-state index contributed by atoms with van der Waals surface area (Å²) >= 11 is 13.9. The molecule has 2 atom stereocenters. The number of benzene rings is 2. The maximum Gasteiger partial charge on any atom is 0.387 e. The maximum atomic E-state index is 13.9. The Labute approximate surface area is 301 Å². The second-order valence-corrected chi connectivity index (χ2v) is 15.8. The van der Waals surface area contributed by atoms with E-state index in [0.717, 1.165) is 41.3 Å². The Hall–Kier alpha value is -3.57. The largest absolute Gasteiger partial charge is 0.619 e. The summed E-state index contributed by atoms with van der Waals surface area (Å²) < 4.78 is 75.5. The standard InChI is InChI=1S/C32H33Cl2F2N3O9S2/c1-37(2)50(43,44)28-13-20(7-9-25(28)45-3)29(40)39-10-11-49-30(39)31(41)47-26(14-21-22(33)15-38(42)16-23(21)34)19-6-8-24(48-32(35)36)27(12-19)46-17-18-4-5-18/h6-9,12-13,15-16,18,26,30,32H,4-5,10-11,14,17H2,1-3H3/t26-,30?/m0/s1. The molecule has 1 aromatic heterocycles. The van der Waals surface area contributed by atoms with Gasteiger partial charge >= 0.3 is 12.6 Å². The van der Waals surface area contributed by atoms with Crippen LogP contribution in [0.5, 0.6) is 17.2 Å². The van der Waals surface area contributed by atoms with Gasteiger partial charge in [-0.25, -0.2) is 17.5 Å². The van der Waals surface area contributed by atoms with E-state index >= 15 is 0 Å². The van der Waals surface area contributed by atoms with Crippen LogP contribution in [0.2, 0.25) is 10.0 Å². The lowest BCUT2D eigenvalue weighted by molar-refractivity contribution is -0.605. The summed E-state index contributed by atoms with van der Waals surface area (Å²) in [5.74, 6) is -0.963. The number of rotatable bonds is 14. The molecule has 5 rings (SSSR count). The van der Waals surface area contributed by atoms with Crippen LogP contribution in [0.4, 0.5) is 8.78 Å². The molecule has 2 heterocycles. The number of carbonyl (C=O) groups is 2. The number of pyridine rings is 1. The van der Waals surface area contributed by atoms with Gasteiger partial charge < -0.3 is 29.1 Å². The van der Waals surface area contributed by atoms with E-state index in [9.17, 15) is 32.0 Å². The van der Waals surface area contributed by atoms with Crippen LogP contribution >= 0.6 is 35.0 Å². The summed E-state index contributed by atoms with van der Waals surface area (Å²) in [6, 6.07) is 8.07. The van der Waals surface area contributed by atoms with Crippen LogP contribution in [0.3, 0.4) is 0 Å². The molecular weight excluding hydrogens is 743 g/mol. The van der Waals surface area contributed by atoms with Crippen molar-refractivity contribution in [2.24, 2.45) is 5.92 Å². The van der Waals surface area contributed by atoms with Gasteiger partial charge in [-0.2, -0.15) is 13.5 Å². The Bertz CT molecular complexity index is 1840. The molecule has 18 heteroatoms. The monoisotopic (exact) mass is 775 g/mol. The molecule has 0 spiro atoms. The summed E-state index contributed by atoms with van der Waals surface area (Å²) in [6.45, 7) is -2.70. The molecule has 1 amide bonds. The van der Waals surface area contributed by atoms with Gasteiger partial charge in [-0.15, -0.1) is 11.8 Å². The number of thioether (sulfide) groups is 1. The van der Waals surface area contributed by atoms with E-state index in [2.05, 4.69) is 4.74 Å². The number of amides is 1. The summed E-state index contributed by atoms with van der Waals surface area (Å²) in [5.41, 5.74) is 0.585. The Morgan fingerprint density at radius 1 is 1.08 bits per heavy atom. The normalized spacial score (nSPS) is 16.8. The lowest BCUT2D eigenvalue weighted by atomic mass is 10.0. The Kier molecular flexibility index (Phi) is 11.9. The highest BCUT2D eigenvalue weighted by Crippen LogP contribution is 2.39. The van der Waals surface area contributed by atoms with E-state index in [1.807, 2.05) is 0 Å². The molecule has 2 fully saturated rings. The number of hydrogen-bond acceptors (Lipinski definition) is 10. The number of sulfonamides is 1. The van der Waals surface area contributed by atoms with Gasteiger partial charge in [-0.05, 0) is 54.7 Å². The zero-order valence-corrected chi connectivity index (χ0v) is 30.2. The second kappa shape index (κ2) is 15.8. The van der Waals surface area contributed by atoms with E-state index in [1.54, 1.807) is 0 Å². The van der Waals surface area contributed by atoms with Crippen molar-refractivity contribution in [3.05, 3.63) is 80.7 Å². The number of halogens is 4. The number of ether oxygens (including phenoxy) is 4. The number of carbonyl (C=O) groups excluding carboxylic acids is 2. The van der Waals surface area contributed by atoms with Crippen molar-refractivity contribution < 1.29 is 50.5 Å². The van der Waals surface area contributed by atoms with Gasteiger partial charge in [0.25, 0.3) is 5.91 Å². The number of methoxy groups -OCH3 is 1. The first kappa shape index (κ1) is 37.7. The molecule has 12 nitrogen and oxygen atoms in total. The fraction of sp³-hybridized carbons (Fsp3) is 0.406. The molecule has 3 aromatic rings. The Morgan fingerprint density at radius 3 is 2.38 bits per heavy atom. The van der Waals surface area contributed by atoms with Gasteiger partial charge in [0.15, 0.2) is 29.3 Å². The quantitative estimate of drug-likeness (QED) is 0.120. The van der Waals surface area contributed by atoms with Gasteiger partial charge in [0.2, 0.25) is 10.0 Å². The average molecular weight is 777 g/mol. The smallest absolute Gasteiger partial charge is 0.387 e. The zero-order chi connectivity index (χ0) is 36.3. The minimum Gasteiger partial charge on any atom is -0.619 e. The molecule has 1 saturated carbocycles. The van der Waals surface area contributed by atoms with E-state index < -0.39 is 40.0 Å². The molecular formula is C32H33Cl2F2N3O9S2. The molecule has 2 aromatic carbocycles. The van der Waals surface area contributed by atoms with Gasteiger partial charge in [0.1, 0.15) is 26.8 Å². The number of nitrogens with zero attached hydrogens (tertiary/aromatic N) is 3. The summed E-state index contributed by atoms with van der Waals surface area (Å²) in [5, 5.41) is 10.8. The highest BCUT2D eigenvalue weighted by molar-refractivity contribution is 8.00. The molecule has 1 aliphatic heterocycles. The fourth-order valence-electron chi connectivity index (χ4n) is 5.11. The molecule has 1 unspecified atom stereocenters. The Balaban J connectivity index is 1.46. The molecule has 270 valence electrons. The predicted octanol–water partition coefficient (Wildman–Crippen LogP) is 5.32. The van der Waals surface area contributed by atoms with Gasteiger partial charge in [-0.3, -0.25) is 4.79 Å². The molecule has 0 N–H and O–H groups in total. The van der Waals surface area contributed by atoms with Crippen molar-refractivity contribution in [1.29, 1.82) is 0 Å². The third-order valence-corrected chi connectivity index (χ3v) is 11.6. The number of hydrogen-bond donors (Lipinski definition) is 0. The lowest BCUT2D eigenvalue weighted by Crippen LogP contribution is -2.41. The SMILES string of the molecule is COc1ccc(C(=O)N2CCSC2C(=O)O[C@@H](Cc2c(Cl)c[n+]([O-])cc2Cl)c2ccc(OC(F)F)c(OCC3CC3)c2)cc1S(=O)(=O)N(C)C. The van der Waals surface area contributed by atoms with Crippen molar-refractivity contribution in [3.8, 4) is 17.2 Å². The number of alkyl halides is 2. The predicted molar refractivity (Wildman–Crippen MR) is 180 cm³/mol.